The van der Waals surface area contributed by atoms with Crippen molar-refractivity contribution in [3.63, 3.8) is 0 Å². The minimum atomic E-state index is -0.0902. The zero-order valence-corrected chi connectivity index (χ0v) is 12.8. The fraction of sp³-hybridized carbons (Fsp3) is 0.944. The maximum atomic E-state index is 11.8. The summed E-state index contributed by atoms with van der Waals surface area (Å²) in [7, 11) is 0. The molecule has 0 aliphatic heterocycles. The second-order valence-electron chi connectivity index (χ2n) is 8.35. The van der Waals surface area contributed by atoms with Crippen LogP contribution in [0.25, 0.3) is 0 Å². The number of rotatable bonds is 2. The molecule has 0 unspecified atom stereocenters. The van der Waals surface area contributed by atoms with Gasteiger partial charge < -0.3 is 4.74 Å². The number of ether oxygens (including phenoxy) is 1. The molecule has 0 amide bonds. The quantitative estimate of drug-likeness (QED) is 0.696. The van der Waals surface area contributed by atoms with Crippen LogP contribution < -0.4 is 0 Å². The van der Waals surface area contributed by atoms with Crippen LogP contribution in [0, 0.1) is 23.2 Å². The van der Waals surface area contributed by atoms with Gasteiger partial charge in [-0.15, -0.1) is 0 Å². The fourth-order valence-electron chi connectivity index (χ4n) is 6.81. The van der Waals surface area contributed by atoms with Gasteiger partial charge in [0.25, 0.3) is 0 Å². The summed E-state index contributed by atoms with van der Waals surface area (Å²) in [6.07, 6.45) is 14.6. The molecule has 5 aliphatic rings. The summed E-state index contributed by atoms with van der Waals surface area (Å²) in [4.78, 5) is 11.8. The molecule has 2 nitrogen and oxygen atoms in total. The Labute approximate surface area is 122 Å². The summed E-state index contributed by atoms with van der Waals surface area (Å²) in [5, 5.41) is 0. The van der Waals surface area contributed by atoms with E-state index in [1.165, 1.54) is 57.8 Å². The van der Waals surface area contributed by atoms with E-state index < -0.39 is 0 Å². The van der Waals surface area contributed by atoms with Crippen LogP contribution in [0.2, 0.25) is 0 Å². The number of carbonyl (C=O) groups is 1. The Kier molecular flexibility index (Phi) is 2.95. The van der Waals surface area contributed by atoms with Crippen molar-refractivity contribution in [3.05, 3.63) is 0 Å². The number of carbonyl (C=O) groups excluding carboxylic acids is 1. The lowest BCUT2D eigenvalue weighted by Gasteiger charge is -2.63. The monoisotopic (exact) mass is 276 g/mol. The molecule has 4 bridgehead atoms. The van der Waals surface area contributed by atoms with Crippen LogP contribution in [0.5, 0.6) is 0 Å². The summed E-state index contributed by atoms with van der Waals surface area (Å²) in [5.74, 6) is 2.78. The van der Waals surface area contributed by atoms with Gasteiger partial charge in [-0.1, -0.05) is 6.42 Å². The van der Waals surface area contributed by atoms with Gasteiger partial charge in [0.05, 0.1) is 0 Å². The fourth-order valence-corrected chi connectivity index (χ4v) is 6.81. The van der Waals surface area contributed by atoms with E-state index in [4.69, 9.17) is 4.74 Å². The van der Waals surface area contributed by atoms with E-state index in [1.54, 1.807) is 6.92 Å². The van der Waals surface area contributed by atoms with E-state index in [2.05, 4.69) is 0 Å². The molecule has 5 saturated carbocycles. The van der Waals surface area contributed by atoms with Crippen molar-refractivity contribution in [3.8, 4) is 0 Å². The lowest BCUT2D eigenvalue weighted by atomic mass is 9.44. The summed E-state index contributed by atoms with van der Waals surface area (Å²) in [6.45, 7) is 1.62. The SMILES string of the molecule is CC(=O)OC1(C23CC4CC(CC(C4)C2)C3)CCCCC1. The topological polar surface area (TPSA) is 26.3 Å². The smallest absolute Gasteiger partial charge is 0.303 e. The van der Waals surface area contributed by atoms with Gasteiger partial charge in [-0.25, -0.2) is 0 Å². The van der Waals surface area contributed by atoms with Crippen LogP contribution in [-0.4, -0.2) is 11.6 Å². The average Bonchev–Trinajstić information content (AvgIpc) is 2.37. The normalized spacial score (nSPS) is 45.4. The minimum absolute atomic E-state index is 0.0392. The number of hydrogen-bond donors (Lipinski definition) is 0. The third kappa shape index (κ3) is 1.86. The van der Waals surface area contributed by atoms with Gasteiger partial charge in [-0.3, -0.25) is 4.79 Å². The maximum absolute atomic E-state index is 11.8. The Morgan fingerprint density at radius 2 is 1.40 bits per heavy atom. The molecule has 0 heterocycles. The van der Waals surface area contributed by atoms with Crippen molar-refractivity contribution in [2.24, 2.45) is 23.2 Å². The summed E-state index contributed by atoms with van der Waals surface area (Å²) < 4.78 is 6.12. The zero-order valence-electron chi connectivity index (χ0n) is 12.8. The zero-order chi connectivity index (χ0) is 13.8. The summed E-state index contributed by atoms with van der Waals surface area (Å²) >= 11 is 0. The van der Waals surface area contributed by atoms with Gasteiger partial charge in [-0.2, -0.15) is 0 Å². The molecular weight excluding hydrogens is 248 g/mol. The molecule has 0 radical (unpaired) electrons. The molecule has 0 aromatic rings. The second kappa shape index (κ2) is 4.48. The highest BCUT2D eigenvalue weighted by molar-refractivity contribution is 5.66. The van der Waals surface area contributed by atoms with Crippen molar-refractivity contribution in [1.82, 2.24) is 0 Å². The Hall–Kier alpha value is -0.530. The highest BCUT2D eigenvalue weighted by Gasteiger charge is 2.61. The summed E-state index contributed by atoms with van der Waals surface area (Å²) in [6, 6.07) is 0. The van der Waals surface area contributed by atoms with Crippen molar-refractivity contribution in [2.45, 2.75) is 83.2 Å². The molecule has 0 saturated heterocycles. The molecule has 5 aliphatic carbocycles. The first-order valence-corrected chi connectivity index (χ1v) is 8.80. The molecule has 112 valence electrons. The maximum Gasteiger partial charge on any atom is 0.303 e. The molecule has 0 N–H and O–H groups in total. The lowest BCUT2D eigenvalue weighted by Crippen LogP contribution is -2.60. The second-order valence-corrected chi connectivity index (χ2v) is 8.35. The van der Waals surface area contributed by atoms with Crippen LogP contribution in [0.1, 0.15) is 77.6 Å². The van der Waals surface area contributed by atoms with Gasteiger partial charge in [0, 0.05) is 12.3 Å². The van der Waals surface area contributed by atoms with E-state index in [1.807, 2.05) is 0 Å². The van der Waals surface area contributed by atoms with Crippen LogP contribution in [-0.2, 0) is 9.53 Å². The Bertz CT molecular complexity index is 370. The van der Waals surface area contributed by atoms with E-state index >= 15 is 0 Å². The van der Waals surface area contributed by atoms with E-state index in [9.17, 15) is 4.79 Å². The highest BCUT2D eigenvalue weighted by atomic mass is 16.6. The third-order valence-corrected chi connectivity index (χ3v) is 7.01. The van der Waals surface area contributed by atoms with Crippen molar-refractivity contribution >= 4 is 5.97 Å². The van der Waals surface area contributed by atoms with Crippen molar-refractivity contribution in [2.75, 3.05) is 0 Å². The molecule has 20 heavy (non-hydrogen) atoms. The average molecular weight is 276 g/mol. The first kappa shape index (κ1) is 13.2. The molecule has 0 aromatic carbocycles. The predicted octanol–water partition coefficient (Wildman–Crippen LogP) is 4.47. The summed E-state index contributed by atoms with van der Waals surface area (Å²) in [5.41, 5.74) is 0.265. The third-order valence-electron chi connectivity index (χ3n) is 7.01. The largest absolute Gasteiger partial charge is 0.459 e. The van der Waals surface area contributed by atoms with Gasteiger partial charge in [0.1, 0.15) is 5.60 Å². The first-order valence-electron chi connectivity index (χ1n) is 8.80. The molecule has 5 rings (SSSR count). The molecule has 5 fully saturated rings. The Balaban J connectivity index is 1.69. The molecule has 0 aromatic heterocycles. The Morgan fingerprint density at radius 3 is 1.85 bits per heavy atom. The van der Waals surface area contributed by atoms with E-state index in [0.29, 0.717) is 5.41 Å². The number of esters is 1. The van der Waals surface area contributed by atoms with Gasteiger partial charge in [-0.05, 0) is 82.0 Å². The molecule has 0 spiro atoms. The Morgan fingerprint density at radius 1 is 0.900 bits per heavy atom. The van der Waals surface area contributed by atoms with Gasteiger partial charge in [0.2, 0.25) is 0 Å². The molecule has 2 heteroatoms. The number of hydrogen-bond acceptors (Lipinski definition) is 2. The van der Waals surface area contributed by atoms with Crippen LogP contribution in [0.4, 0.5) is 0 Å². The molecule has 0 atom stereocenters. The first-order chi connectivity index (χ1) is 9.61. The minimum Gasteiger partial charge on any atom is -0.459 e. The van der Waals surface area contributed by atoms with E-state index in [-0.39, 0.29) is 11.6 Å². The van der Waals surface area contributed by atoms with Gasteiger partial charge in [0.15, 0.2) is 0 Å². The highest BCUT2D eigenvalue weighted by Crippen LogP contribution is 2.66. The van der Waals surface area contributed by atoms with Crippen LogP contribution >= 0.6 is 0 Å². The van der Waals surface area contributed by atoms with Gasteiger partial charge >= 0.3 is 5.97 Å². The standard InChI is InChI=1S/C18H28O2/c1-13(19)20-18(5-3-2-4-6-18)17-10-14-7-15(11-17)9-16(8-14)12-17/h14-16H,2-12H2,1H3. The molecular formula is C18H28O2. The predicted molar refractivity (Wildman–Crippen MR) is 78.2 cm³/mol. The van der Waals surface area contributed by atoms with Crippen molar-refractivity contribution in [1.29, 1.82) is 0 Å². The lowest BCUT2D eigenvalue weighted by molar-refractivity contribution is -0.217. The van der Waals surface area contributed by atoms with Crippen LogP contribution in [0.3, 0.4) is 0 Å². The van der Waals surface area contributed by atoms with Crippen LogP contribution in [0.15, 0.2) is 0 Å². The van der Waals surface area contributed by atoms with E-state index in [0.717, 1.165) is 30.6 Å². The van der Waals surface area contributed by atoms with Crippen molar-refractivity contribution < 1.29 is 9.53 Å².